The van der Waals surface area contributed by atoms with Crippen molar-refractivity contribution in [3.05, 3.63) is 76.8 Å². The molecule has 1 amide bonds. The molecule has 0 atom stereocenters. The van der Waals surface area contributed by atoms with Gasteiger partial charge in [0.2, 0.25) is 10.0 Å². The molecule has 3 aromatic carbocycles. The highest BCUT2D eigenvalue weighted by molar-refractivity contribution is 9.10. The summed E-state index contributed by atoms with van der Waals surface area (Å²) in [7, 11) is -3.58. The van der Waals surface area contributed by atoms with Gasteiger partial charge in [0.05, 0.1) is 9.77 Å². The fraction of sp³-hybridized carbons (Fsp3) is 0.292. The number of thioether (sulfide) groups is 1. The van der Waals surface area contributed by atoms with Crippen molar-refractivity contribution >= 4 is 54.4 Å². The molecule has 0 aliphatic carbocycles. The molecule has 2 aliphatic rings. The lowest BCUT2D eigenvalue weighted by Gasteiger charge is -2.43. The molecule has 2 saturated heterocycles. The van der Waals surface area contributed by atoms with Crippen LogP contribution in [-0.2, 0) is 10.0 Å². The highest BCUT2D eigenvalue weighted by Gasteiger charge is 2.48. The molecule has 32 heavy (non-hydrogen) atoms. The second-order valence-corrected chi connectivity index (χ2v) is 12.5. The minimum Gasteiger partial charge on any atom is -0.323 e. The van der Waals surface area contributed by atoms with Crippen LogP contribution >= 0.6 is 27.7 Å². The highest BCUT2D eigenvalue weighted by atomic mass is 79.9. The molecule has 166 valence electrons. The standard InChI is InChI=1S/C24H23BrN2O3S2/c25-21-8-5-19(6-9-21)23(28)27-15-16-31-24(27)11-13-26(14-12-24)32(29,30)22-10-7-18-3-1-2-4-20(18)17-22/h1-10,17H,11-16H2. The lowest BCUT2D eigenvalue weighted by Crippen LogP contribution is -2.53. The summed E-state index contributed by atoms with van der Waals surface area (Å²) in [5, 5.41) is 1.94. The van der Waals surface area contributed by atoms with Gasteiger partial charge in [-0.2, -0.15) is 4.31 Å². The van der Waals surface area contributed by atoms with Gasteiger partial charge in [-0.15, -0.1) is 11.8 Å². The van der Waals surface area contributed by atoms with E-state index >= 15 is 0 Å². The molecule has 1 spiro atoms. The summed E-state index contributed by atoms with van der Waals surface area (Å²) in [5.41, 5.74) is 0.668. The van der Waals surface area contributed by atoms with Crippen LogP contribution in [0.5, 0.6) is 0 Å². The van der Waals surface area contributed by atoms with E-state index in [0.717, 1.165) is 21.0 Å². The number of piperidine rings is 1. The smallest absolute Gasteiger partial charge is 0.254 e. The molecule has 2 fully saturated rings. The van der Waals surface area contributed by atoms with Crippen molar-refractivity contribution in [3.8, 4) is 0 Å². The molecule has 2 heterocycles. The van der Waals surface area contributed by atoms with E-state index in [1.165, 1.54) is 0 Å². The monoisotopic (exact) mass is 530 g/mol. The van der Waals surface area contributed by atoms with Crippen LogP contribution in [0.3, 0.4) is 0 Å². The van der Waals surface area contributed by atoms with E-state index < -0.39 is 10.0 Å². The zero-order chi connectivity index (χ0) is 22.3. The number of benzene rings is 3. The van der Waals surface area contributed by atoms with Crippen molar-refractivity contribution in [2.45, 2.75) is 22.6 Å². The summed E-state index contributed by atoms with van der Waals surface area (Å²) in [4.78, 5) is 15.2. The van der Waals surface area contributed by atoms with Gasteiger partial charge in [0.15, 0.2) is 0 Å². The minimum absolute atomic E-state index is 0.0216. The largest absolute Gasteiger partial charge is 0.323 e. The molecular weight excluding hydrogens is 508 g/mol. The van der Waals surface area contributed by atoms with Gasteiger partial charge in [-0.25, -0.2) is 8.42 Å². The van der Waals surface area contributed by atoms with E-state index in [2.05, 4.69) is 15.9 Å². The van der Waals surface area contributed by atoms with E-state index in [4.69, 9.17) is 0 Å². The third kappa shape index (κ3) is 3.87. The molecule has 3 aromatic rings. The number of sulfonamides is 1. The number of fused-ring (bicyclic) bond motifs is 1. The fourth-order valence-electron chi connectivity index (χ4n) is 4.61. The Bertz CT molecular complexity index is 1270. The number of carbonyl (C=O) groups is 1. The Kier molecular flexibility index (Phi) is 5.82. The molecule has 0 radical (unpaired) electrons. The summed E-state index contributed by atoms with van der Waals surface area (Å²) in [6.07, 6.45) is 1.26. The van der Waals surface area contributed by atoms with Gasteiger partial charge in [-0.3, -0.25) is 4.79 Å². The van der Waals surface area contributed by atoms with Crippen molar-refractivity contribution in [1.29, 1.82) is 0 Å². The van der Waals surface area contributed by atoms with Crippen LogP contribution in [0.15, 0.2) is 76.1 Å². The normalized spacial score (nSPS) is 19.0. The van der Waals surface area contributed by atoms with Gasteiger partial charge >= 0.3 is 0 Å². The summed E-state index contributed by atoms with van der Waals surface area (Å²) in [5.74, 6) is 0.896. The third-order valence-corrected chi connectivity index (χ3v) is 10.4. The Morgan fingerprint density at radius 1 is 0.906 bits per heavy atom. The summed E-state index contributed by atoms with van der Waals surface area (Å²) in [6, 6.07) is 20.5. The van der Waals surface area contributed by atoms with E-state index in [9.17, 15) is 13.2 Å². The first-order chi connectivity index (χ1) is 15.4. The average molecular weight is 531 g/mol. The summed E-state index contributed by atoms with van der Waals surface area (Å²) in [6.45, 7) is 1.51. The fourth-order valence-corrected chi connectivity index (χ4v) is 7.81. The second kappa shape index (κ2) is 8.48. The van der Waals surface area contributed by atoms with E-state index in [1.807, 2.05) is 59.5 Å². The Labute approximate surface area is 201 Å². The first kappa shape index (κ1) is 21.9. The van der Waals surface area contributed by atoms with E-state index in [-0.39, 0.29) is 10.8 Å². The second-order valence-electron chi connectivity index (χ2n) is 8.17. The van der Waals surface area contributed by atoms with Gasteiger partial charge in [0.25, 0.3) is 5.91 Å². The average Bonchev–Trinajstić information content (AvgIpc) is 3.21. The number of halogens is 1. The predicted molar refractivity (Wildman–Crippen MR) is 132 cm³/mol. The lowest BCUT2D eigenvalue weighted by molar-refractivity contribution is 0.0605. The molecule has 8 heteroatoms. The van der Waals surface area contributed by atoms with Crippen LogP contribution in [-0.4, -0.2) is 53.8 Å². The molecule has 0 bridgehead atoms. The number of hydrogen-bond acceptors (Lipinski definition) is 4. The van der Waals surface area contributed by atoms with Crippen molar-refractivity contribution in [1.82, 2.24) is 9.21 Å². The Morgan fingerprint density at radius 3 is 2.31 bits per heavy atom. The van der Waals surface area contributed by atoms with Crippen molar-refractivity contribution in [2.24, 2.45) is 0 Å². The van der Waals surface area contributed by atoms with Crippen molar-refractivity contribution in [2.75, 3.05) is 25.4 Å². The Morgan fingerprint density at radius 2 is 1.59 bits per heavy atom. The van der Waals surface area contributed by atoms with Crippen LogP contribution in [0.2, 0.25) is 0 Å². The van der Waals surface area contributed by atoms with Crippen LogP contribution < -0.4 is 0 Å². The summed E-state index contributed by atoms with van der Waals surface area (Å²) < 4.78 is 29.2. The van der Waals surface area contributed by atoms with Gasteiger partial charge in [0.1, 0.15) is 0 Å². The minimum atomic E-state index is -3.58. The van der Waals surface area contributed by atoms with E-state index in [1.54, 1.807) is 28.2 Å². The Hall–Kier alpha value is -1.87. The molecule has 0 aromatic heterocycles. The number of carbonyl (C=O) groups excluding carboxylic acids is 1. The highest BCUT2D eigenvalue weighted by Crippen LogP contribution is 2.45. The van der Waals surface area contributed by atoms with Crippen LogP contribution in [0.4, 0.5) is 0 Å². The zero-order valence-corrected chi connectivity index (χ0v) is 20.6. The van der Waals surface area contributed by atoms with Gasteiger partial charge in [-0.1, -0.05) is 46.3 Å². The number of amides is 1. The van der Waals surface area contributed by atoms with Crippen LogP contribution in [0, 0.1) is 0 Å². The number of nitrogens with zero attached hydrogens (tertiary/aromatic N) is 2. The first-order valence-electron chi connectivity index (χ1n) is 10.6. The topological polar surface area (TPSA) is 57.7 Å². The maximum Gasteiger partial charge on any atom is 0.254 e. The molecule has 5 nitrogen and oxygen atoms in total. The lowest BCUT2D eigenvalue weighted by atomic mass is 10.0. The van der Waals surface area contributed by atoms with Crippen LogP contribution in [0.1, 0.15) is 23.2 Å². The van der Waals surface area contributed by atoms with E-state index in [0.29, 0.717) is 42.9 Å². The van der Waals surface area contributed by atoms with Crippen molar-refractivity contribution in [3.63, 3.8) is 0 Å². The van der Waals surface area contributed by atoms with Gasteiger partial charge in [0, 0.05) is 35.4 Å². The molecule has 5 rings (SSSR count). The SMILES string of the molecule is O=C(c1ccc(Br)cc1)N1CCSC12CCN(S(=O)(=O)c1ccc3ccccc3c1)CC2. The molecular formula is C24H23BrN2O3S2. The number of hydrogen-bond donors (Lipinski definition) is 0. The Balaban J connectivity index is 1.35. The zero-order valence-electron chi connectivity index (χ0n) is 17.4. The molecule has 0 unspecified atom stereocenters. The maximum atomic E-state index is 13.3. The molecule has 0 N–H and O–H groups in total. The predicted octanol–water partition coefficient (Wildman–Crippen LogP) is 4.97. The van der Waals surface area contributed by atoms with Crippen LogP contribution in [0.25, 0.3) is 10.8 Å². The maximum absolute atomic E-state index is 13.3. The first-order valence-corrected chi connectivity index (χ1v) is 13.8. The quantitative estimate of drug-likeness (QED) is 0.479. The van der Waals surface area contributed by atoms with Crippen molar-refractivity contribution < 1.29 is 13.2 Å². The van der Waals surface area contributed by atoms with Gasteiger partial charge in [-0.05, 0) is 60.0 Å². The van der Waals surface area contributed by atoms with Gasteiger partial charge < -0.3 is 4.90 Å². The third-order valence-electron chi connectivity index (χ3n) is 6.38. The number of rotatable bonds is 3. The molecule has 2 aliphatic heterocycles. The summed E-state index contributed by atoms with van der Waals surface area (Å²) >= 11 is 5.20. The molecule has 0 saturated carbocycles.